The Kier molecular flexibility index (Phi) is 2.47. The van der Waals surface area contributed by atoms with Crippen LogP contribution in [-0.2, 0) is 7.05 Å². The van der Waals surface area contributed by atoms with Crippen LogP contribution in [0, 0.1) is 0 Å². The molecule has 0 aliphatic heterocycles. The molecule has 0 aliphatic carbocycles. The van der Waals surface area contributed by atoms with E-state index in [9.17, 15) is 4.79 Å². The van der Waals surface area contributed by atoms with Crippen molar-refractivity contribution in [3.63, 3.8) is 0 Å². The maximum atomic E-state index is 11.8. The normalized spacial score (nSPS) is 10.2. The second kappa shape index (κ2) is 3.78. The molecule has 0 unspecified atom stereocenters. The highest BCUT2D eigenvalue weighted by Crippen LogP contribution is 2.15. The van der Waals surface area contributed by atoms with E-state index in [0.717, 1.165) is 5.69 Å². The Labute approximate surface area is 91.3 Å². The molecule has 1 amide bonds. The van der Waals surface area contributed by atoms with Gasteiger partial charge in [-0.15, -0.1) is 0 Å². The average Bonchev–Trinajstić information content (AvgIpc) is 2.75. The van der Waals surface area contributed by atoms with Gasteiger partial charge in [-0.25, -0.2) is 0 Å². The van der Waals surface area contributed by atoms with Crippen LogP contribution in [0.25, 0.3) is 0 Å². The van der Waals surface area contributed by atoms with Crippen LogP contribution in [0.3, 0.4) is 0 Å². The van der Waals surface area contributed by atoms with Crippen LogP contribution in [0.2, 0.25) is 0 Å². The van der Waals surface area contributed by atoms with E-state index in [1.165, 1.54) is 11.3 Å². The van der Waals surface area contributed by atoms with Crippen molar-refractivity contribution >= 4 is 28.6 Å². The molecule has 4 nitrogen and oxygen atoms in total. The first-order valence-electron chi connectivity index (χ1n) is 4.42. The molecule has 0 bridgehead atoms. The average molecular weight is 221 g/mol. The number of rotatable bonds is 2. The number of hydrogen-bond acceptors (Lipinski definition) is 3. The van der Waals surface area contributed by atoms with Gasteiger partial charge in [0.1, 0.15) is 5.69 Å². The minimum Gasteiger partial charge on any atom is -0.397 e. The van der Waals surface area contributed by atoms with E-state index in [4.69, 9.17) is 5.73 Å². The molecule has 0 radical (unpaired) electrons. The zero-order chi connectivity index (χ0) is 10.8. The van der Waals surface area contributed by atoms with Crippen LogP contribution in [0.15, 0.2) is 29.1 Å². The fourth-order valence-corrected chi connectivity index (χ4v) is 1.93. The highest BCUT2D eigenvalue weighted by Gasteiger charge is 2.10. The summed E-state index contributed by atoms with van der Waals surface area (Å²) in [5.41, 5.74) is 7.55. The van der Waals surface area contributed by atoms with E-state index in [1.807, 2.05) is 16.8 Å². The number of nitrogen functional groups attached to an aromatic ring is 1. The zero-order valence-electron chi connectivity index (χ0n) is 8.23. The van der Waals surface area contributed by atoms with Crippen LogP contribution in [-0.4, -0.2) is 10.5 Å². The van der Waals surface area contributed by atoms with Gasteiger partial charge >= 0.3 is 0 Å². The number of carbonyl (C=O) groups excluding carboxylic acids is 1. The summed E-state index contributed by atoms with van der Waals surface area (Å²) < 4.78 is 1.71. The van der Waals surface area contributed by atoms with Crippen molar-refractivity contribution in [3.8, 4) is 0 Å². The molecule has 0 fully saturated rings. The Balaban J connectivity index is 2.18. The summed E-state index contributed by atoms with van der Waals surface area (Å²) in [4.78, 5) is 11.8. The molecule has 2 aromatic heterocycles. The molecule has 2 aromatic rings. The fraction of sp³-hybridized carbons (Fsp3) is 0.100. The lowest BCUT2D eigenvalue weighted by Crippen LogP contribution is -2.14. The van der Waals surface area contributed by atoms with Crippen LogP contribution >= 0.6 is 11.3 Å². The first-order valence-corrected chi connectivity index (χ1v) is 5.36. The first kappa shape index (κ1) is 9.79. The third-order valence-electron chi connectivity index (χ3n) is 2.04. The monoisotopic (exact) mass is 221 g/mol. The standard InChI is InChI=1S/C10H11N3OS/c1-13-5-7(11)4-9(13)10(14)12-8-2-3-15-6-8/h2-6H,11H2,1H3,(H,12,14). The number of nitrogens with zero attached hydrogens (tertiary/aromatic N) is 1. The summed E-state index contributed by atoms with van der Waals surface area (Å²) >= 11 is 1.54. The van der Waals surface area contributed by atoms with Crippen LogP contribution < -0.4 is 11.1 Å². The van der Waals surface area contributed by atoms with Gasteiger partial charge in [0.2, 0.25) is 0 Å². The van der Waals surface area contributed by atoms with E-state index in [2.05, 4.69) is 5.32 Å². The van der Waals surface area contributed by atoms with Crippen molar-refractivity contribution in [3.05, 3.63) is 34.8 Å². The van der Waals surface area contributed by atoms with E-state index in [-0.39, 0.29) is 5.91 Å². The Morgan fingerprint density at radius 1 is 1.60 bits per heavy atom. The van der Waals surface area contributed by atoms with Crippen molar-refractivity contribution < 1.29 is 4.79 Å². The van der Waals surface area contributed by atoms with E-state index in [0.29, 0.717) is 11.4 Å². The molecule has 15 heavy (non-hydrogen) atoms. The van der Waals surface area contributed by atoms with Crippen molar-refractivity contribution in [2.45, 2.75) is 0 Å². The van der Waals surface area contributed by atoms with Crippen LogP contribution in [0.1, 0.15) is 10.5 Å². The van der Waals surface area contributed by atoms with Gasteiger partial charge in [-0.05, 0) is 17.5 Å². The number of aryl methyl sites for hydroxylation is 1. The van der Waals surface area contributed by atoms with Gasteiger partial charge in [-0.3, -0.25) is 4.79 Å². The zero-order valence-corrected chi connectivity index (χ0v) is 9.04. The van der Waals surface area contributed by atoms with Gasteiger partial charge in [0, 0.05) is 18.6 Å². The third-order valence-corrected chi connectivity index (χ3v) is 2.72. The van der Waals surface area contributed by atoms with E-state index in [1.54, 1.807) is 23.9 Å². The molecule has 0 aromatic carbocycles. The smallest absolute Gasteiger partial charge is 0.272 e. The van der Waals surface area contributed by atoms with Gasteiger partial charge < -0.3 is 15.6 Å². The predicted octanol–water partition coefficient (Wildman–Crippen LogP) is 1.92. The summed E-state index contributed by atoms with van der Waals surface area (Å²) in [6.45, 7) is 0. The minimum atomic E-state index is -0.146. The summed E-state index contributed by atoms with van der Waals surface area (Å²) in [6, 6.07) is 3.51. The Morgan fingerprint density at radius 2 is 2.40 bits per heavy atom. The maximum Gasteiger partial charge on any atom is 0.272 e. The van der Waals surface area contributed by atoms with E-state index < -0.39 is 0 Å². The lowest BCUT2D eigenvalue weighted by atomic mass is 10.3. The van der Waals surface area contributed by atoms with Crippen LogP contribution in [0.5, 0.6) is 0 Å². The summed E-state index contributed by atoms with van der Waals surface area (Å²) in [5, 5.41) is 6.58. The van der Waals surface area contributed by atoms with Gasteiger partial charge in [0.25, 0.3) is 5.91 Å². The molecule has 0 spiro atoms. The molecular formula is C10H11N3OS. The number of aromatic nitrogens is 1. The SMILES string of the molecule is Cn1cc(N)cc1C(=O)Nc1ccsc1. The fourth-order valence-electron chi connectivity index (χ4n) is 1.35. The van der Waals surface area contributed by atoms with Crippen molar-refractivity contribution in [1.29, 1.82) is 0 Å². The summed E-state index contributed by atoms with van der Waals surface area (Å²) in [5.74, 6) is -0.146. The number of nitrogens with two attached hydrogens (primary N) is 1. The number of nitrogens with one attached hydrogen (secondary N) is 1. The minimum absolute atomic E-state index is 0.146. The first-order chi connectivity index (χ1) is 7.16. The predicted molar refractivity (Wildman–Crippen MR) is 62.1 cm³/mol. The molecule has 5 heteroatoms. The topological polar surface area (TPSA) is 60.0 Å². The number of hydrogen-bond donors (Lipinski definition) is 2. The Hall–Kier alpha value is -1.75. The maximum absolute atomic E-state index is 11.8. The van der Waals surface area contributed by atoms with Crippen LogP contribution in [0.4, 0.5) is 11.4 Å². The Bertz CT molecular complexity index is 473. The second-order valence-electron chi connectivity index (χ2n) is 3.24. The van der Waals surface area contributed by atoms with Crippen molar-refractivity contribution in [2.75, 3.05) is 11.1 Å². The molecular weight excluding hydrogens is 210 g/mol. The largest absolute Gasteiger partial charge is 0.397 e. The highest BCUT2D eigenvalue weighted by atomic mass is 32.1. The van der Waals surface area contributed by atoms with Crippen molar-refractivity contribution in [2.24, 2.45) is 7.05 Å². The highest BCUT2D eigenvalue weighted by molar-refractivity contribution is 7.08. The Morgan fingerprint density at radius 3 is 2.93 bits per heavy atom. The number of thiophene rings is 1. The molecule has 2 heterocycles. The molecule has 3 N–H and O–H groups in total. The number of anilines is 2. The van der Waals surface area contributed by atoms with E-state index >= 15 is 0 Å². The second-order valence-corrected chi connectivity index (χ2v) is 4.02. The van der Waals surface area contributed by atoms with Gasteiger partial charge in [-0.1, -0.05) is 0 Å². The molecule has 0 atom stereocenters. The third kappa shape index (κ3) is 2.02. The molecule has 0 saturated carbocycles. The molecule has 78 valence electrons. The molecule has 2 rings (SSSR count). The summed E-state index contributed by atoms with van der Waals surface area (Å²) in [7, 11) is 1.79. The number of carbonyl (C=O) groups is 1. The van der Waals surface area contributed by atoms with Gasteiger partial charge in [0.15, 0.2) is 0 Å². The molecule has 0 aliphatic rings. The van der Waals surface area contributed by atoms with Crippen molar-refractivity contribution in [1.82, 2.24) is 4.57 Å². The van der Waals surface area contributed by atoms with Gasteiger partial charge in [0.05, 0.1) is 11.4 Å². The quantitative estimate of drug-likeness (QED) is 0.814. The lowest BCUT2D eigenvalue weighted by molar-refractivity contribution is 0.101. The molecule has 0 saturated heterocycles. The lowest BCUT2D eigenvalue weighted by Gasteiger charge is -2.03. The van der Waals surface area contributed by atoms with Gasteiger partial charge in [-0.2, -0.15) is 11.3 Å². The number of amides is 1. The summed E-state index contributed by atoms with van der Waals surface area (Å²) in [6.07, 6.45) is 1.71.